The van der Waals surface area contributed by atoms with Gasteiger partial charge >= 0.3 is 0 Å². The number of rotatable bonds is 5. The highest BCUT2D eigenvalue weighted by molar-refractivity contribution is 7.89. The SMILES string of the molecule is CC(C)CS(=O)(=O)NCC(=N)N. The lowest BCUT2D eigenvalue weighted by Crippen LogP contribution is -2.35. The van der Waals surface area contributed by atoms with Crippen molar-refractivity contribution in [3.05, 3.63) is 0 Å². The molecule has 0 aliphatic rings. The standard InChI is InChI=1S/C6H15N3O2S/c1-5(2)4-12(10,11)9-3-6(7)8/h5,9H,3-4H2,1-2H3,(H3,7,8). The zero-order valence-electron chi connectivity index (χ0n) is 7.29. The summed E-state index contributed by atoms with van der Waals surface area (Å²) in [5, 5.41) is 6.81. The quantitative estimate of drug-likeness (QED) is 0.405. The summed E-state index contributed by atoms with van der Waals surface area (Å²) in [5.74, 6) is -0.0305. The second-order valence-electron chi connectivity index (χ2n) is 3.02. The fourth-order valence-electron chi connectivity index (χ4n) is 0.685. The predicted molar refractivity (Wildman–Crippen MR) is 48.5 cm³/mol. The zero-order chi connectivity index (χ0) is 9.78. The first-order chi connectivity index (χ1) is 5.33. The van der Waals surface area contributed by atoms with Crippen molar-refractivity contribution in [1.82, 2.24) is 4.72 Å². The van der Waals surface area contributed by atoms with E-state index in [-0.39, 0.29) is 24.1 Å². The molecule has 0 saturated carbocycles. The van der Waals surface area contributed by atoms with Crippen molar-refractivity contribution in [2.75, 3.05) is 12.3 Å². The van der Waals surface area contributed by atoms with Crippen molar-refractivity contribution in [2.24, 2.45) is 11.7 Å². The van der Waals surface area contributed by atoms with Crippen LogP contribution in [0.15, 0.2) is 0 Å². The third-order valence-corrected chi connectivity index (χ3v) is 2.72. The van der Waals surface area contributed by atoms with Gasteiger partial charge in [0.1, 0.15) is 5.84 Å². The molecule has 0 bridgehead atoms. The molecule has 0 atom stereocenters. The number of hydrogen-bond donors (Lipinski definition) is 3. The van der Waals surface area contributed by atoms with Crippen molar-refractivity contribution in [2.45, 2.75) is 13.8 Å². The van der Waals surface area contributed by atoms with Gasteiger partial charge in [-0.1, -0.05) is 13.8 Å². The molecule has 72 valence electrons. The number of hydrogen-bond acceptors (Lipinski definition) is 3. The molecule has 0 fully saturated rings. The third kappa shape index (κ3) is 6.11. The van der Waals surface area contributed by atoms with Crippen molar-refractivity contribution < 1.29 is 8.42 Å². The van der Waals surface area contributed by atoms with E-state index in [9.17, 15) is 8.42 Å². The molecule has 12 heavy (non-hydrogen) atoms. The molecule has 0 aromatic rings. The van der Waals surface area contributed by atoms with Crippen LogP contribution >= 0.6 is 0 Å². The monoisotopic (exact) mass is 193 g/mol. The Balaban J connectivity index is 3.98. The van der Waals surface area contributed by atoms with Crippen LogP contribution in [0.5, 0.6) is 0 Å². The van der Waals surface area contributed by atoms with Crippen LogP contribution in [0.4, 0.5) is 0 Å². The van der Waals surface area contributed by atoms with Crippen LogP contribution < -0.4 is 10.5 Å². The number of nitrogens with two attached hydrogens (primary N) is 1. The van der Waals surface area contributed by atoms with E-state index in [4.69, 9.17) is 11.1 Å². The van der Waals surface area contributed by atoms with Gasteiger partial charge in [-0.2, -0.15) is 0 Å². The highest BCUT2D eigenvalue weighted by Gasteiger charge is 2.11. The van der Waals surface area contributed by atoms with Crippen molar-refractivity contribution in [3.63, 3.8) is 0 Å². The van der Waals surface area contributed by atoms with Crippen LogP contribution in [-0.4, -0.2) is 26.6 Å². The Kier molecular flexibility index (Phi) is 4.19. The van der Waals surface area contributed by atoms with Crippen molar-refractivity contribution in [1.29, 1.82) is 5.41 Å². The van der Waals surface area contributed by atoms with Crippen LogP contribution in [0.1, 0.15) is 13.8 Å². The Bertz CT molecular complexity index is 246. The van der Waals surface area contributed by atoms with Crippen LogP contribution in [0.3, 0.4) is 0 Å². The van der Waals surface area contributed by atoms with Gasteiger partial charge in [-0.15, -0.1) is 0 Å². The lowest BCUT2D eigenvalue weighted by molar-refractivity contribution is 0.572. The van der Waals surface area contributed by atoms with E-state index in [2.05, 4.69) is 4.72 Å². The average Bonchev–Trinajstić information content (AvgIpc) is 1.81. The molecule has 0 heterocycles. The molecule has 0 unspecified atom stereocenters. The molecule has 0 radical (unpaired) electrons. The summed E-state index contributed by atoms with van der Waals surface area (Å²) < 4.78 is 24.4. The van der Waals surface area contributed by atoms with Crippen LogP contribution in [0.2, 0.25) is 0 Å². The van der Waals surface area contributed by atoms with Gasteiger partial charge in [0.15, 0.2) is 0 Å². The average molecular weight is 193 g/mol. The molecule has 0 spiro atoms. The van der Waals surface area contributed by atoms with Gasteiger partial charge in [-0.3, -0.25) is 5.41 Å². The van der Waals surface area contributed by atoms with E-state index in [1.807, 2.05) is 13.8 Å². The third-order valence-electron chi connectivity index (χ3n) is 1.04. The second kappa shape index (κ2) is 4.42. The van der Waals surface area contributed by atoms with Crippen LogP contribution in [0, 0.1) is 11.3 Å². The molecule has 0 saturated heterocycles. The molecule has 0 amide bonds. The fraction of sp³-hybridized carbons (Fsp3) is 0.833. The first kappa shape index (κ1) is 11.4. The van der Waals surface area contributed by atoms with Gasteiger partial charge in [0.05, 0.1) is 12.3 Å². The molecule has 5 nitrogen and oxygen atoms in total. The largest absolute Gasteiger partial charge is 0.387 e. The van der Waals surface area contributed by atoms with Crippen LogP contribution in [-0.2, 0) is 10.0 Å². The van der Waals surface area contributed by atoms with Crippen molar-refractivity contribution in [3.8, 4) is 0 Å². The fourth-order valence-corrected chi connectivity index (χ4v) is 2.06. The first-order valence-electron chi connectivity index (χ1n) is 3.63. The summed E-state index contributed by atoms with van der Waals surface area (Å²) >= 11 is 0. The van der Waals surface area contributed by atoms with Gasteiger partial charge in [0.25, 0.3) is 0 Å². The molecule has 0 aromatic carbocycles. The zero-order valence-corrected chi connectivity index (χ0v) is 8.11. The molecule has 4 N–H and O–H groups in total. The van der Waals surface area contributed by atoms with Gasteiger partial charge in [-0.25, -0.2) is 13.1 Å². The minimum Gasteiger partial charge on any atom is -0.387 e. The Morgan fingerprint density at radius 3 is 2.42 bits per heavy atom. The molecule has 6 heteroatoms. The topological polar surface area (TPSA) is 96.0 Å². The maximum absolute atomic E-state index is 11.1. The summed E-state index contributed by atoms with van der Waals surface area (Å²) in [4.78, 5) is 0. The summed E-state index contributed by atoms with van der Waals surface area (Å²) in [6.07, 6.45) is 0. The van der Waals surface area contributed by atoms with E-state index in [0.29, 0.717) is 0 Å². The van der Waals surface area contributed by atoms with Gasteiger partial charge < -0.3 is 5.73 Å². The number of nitrogens with one attached hydrogen (secondary N) is 2. The molecule has 0 aliphatic heterocycles. The van der Waals surface area contributed by atoms with E-state index >= 15 is 0 Å². The Morgan fingerprint density at radius 2 is 2.08 bits per heavy atom. The molecule has 0 rings (SSSR count). The number of sulfonamides is 1. The van der Waals surface area contributed by atoms with Gasteiger partial charge in [-0.05, 0) is 5.92 Å². The molecule has 0 aromatic heterocycles. The first-order valence-corrected chi connectivity index (χ1v) is 5.29. The Morgan fingerprint density at radius 1 is 1.58 bits per heavy atom. The minimum atomic E-state index is -3.25. The maximum atomic E-state index is 11.1. The maximum Gasteiger partial charge on any atom is 0.212 e. The lowest BCUT2D eigenvalue weighted by atomic mass is 10.3. The molecular weight excluding hydrogens is 178 g/mol. The van der Waals surface area contributed by atoms with E-state index in [1.54, 1.807) is 0 Å². The second-order valence-corrected chi connectivity index (χ2v) is 4.87. The van der Waals surface area contributed by atoms with E-state index in [1.165, 1.54) is 0 Å². The van der Waals surface area contributed by atoms with Gasteiger partial charge in [0, 0.05) is 0 Å². The van der Waals surface area contributed by atoms with Crippen LogP contribution in [0.25, 0.3) is 0 Å². The number of amidine groups is 1. The van der Waals surface area contributed by atoms with E-state index < -0.39 is 10.0 Å². The Hall–Kier alpha value is -0.620. The summed E-state index contributed by atoms with van der Waals surface area (Å²) in [6, 6.07) is 0. The van der Waals surface area contributed by atoms with Gasteiger partial charge in [0.2, 0.25) is 10.0 Å². The smallest absolute Gasteiger partial charge is 0.212 e. The highest BCUT2D eigenvalue weighted by atomic mass is 32.2. The Labute approximate surface area is 72.9 Å². The summed E-state index contributed by atoms with van der Waals surface area (Å²) in [7, 11) is -3.25. The molecule has 0 aliphatic carbocycles. The summed E-state index contributed by atoms with van der Waals surface area (Å²) in [6.45, 7) is 3.52. The predicted octanol–water partition coefficient (Wildman–Crippen LogP) is -0.502. The highest BCUT2D eigenvalue weighted by Crippen LogP contribution is 1.96. The minimum absolute atomic E-state index is 0.0697. The normalized spacial score (nSPS) is 11.9. The van der Waals surface area contributed by atoms with Crippen molar-refractivity contribution >= 4 is 15.9 Å². The summed E-state index contributed by atoms with van der Waals surface area (Å²) in [5.41, 5.74) is 4.99. The molecular formula is C6H15N3O2S. The lowest BCUT2D eigenvalue weighted by Gasteiger charge is -2.07. The van der Waals surface area contributed by atoms with E-state index in [0.717, 1.165) is 0 Å².